The number of amides is 1. The minimum absolute atomic E-state index is 0.118. The molecule has 0 aromatic heterocycles. The van der Waals surface area contributed by atoms with Crippen molar-refractivity contribution in [3.63, 3.8) is 0 Å². The van der Waals surface area contributed by atoms with Crippen molar-refractivity contribution >= 4 is 11.6 Å². The van der Waals surface area contributed by atoms with Gasteiger partial charge >= 0.3 is 0 Å². The van der Waals surface area contributed by atoms with E-state index < -0.39 is 6.10 Å². The molecule has 0 saturated carbocycles. The van der Waals surface area contributed by atoms with Crippen LogP contribution in [0.15, 0.2) is 42.5 Å². The molecule has 2 rings (SSSR count). The van der Waals surface area contributed by atoms with Crippen LogP contribution in [0.5, 0.6) is 17.2 Å². The Morgan fingerprint density at radius 3 is 2.19 bits per heavy atom. The number of aliphatic hydroxyl groups is 1. The maximum Gasteiger partial charge on any atom is 0.251 e. The highest BCUT2D eigenvalue weighted by Gasteiger charge is 2.18. The van der Waals surface area contributed by atoms with Gasteiger partial charge in [0.05, 0.1) is 27.4 Å². The van der Waals surface area contributed by atoms with Gasteiger partial charge in [-0.05, 0) is 24.3 Å². The van der Waals surface area contributed by atoms with Crippen molar-refractivity contribution in [1.82, 2.24) is 5.32 Å². The van der Waals surface area contributed by atoms with Crippen LogP contribution in [-0.2, 0) is 0 Å². The summed E-state index contributed by atoms with van der Waals surface area (Å²) in [5.74, 6) is 0.870. The van der Waals surface area contributed by atoms with Gasteiger partial charge in [0.1, 0.15) is 0 Å². The molecule has 146 valence electrons. The van der Waals surface area contributed by atoms with Crippen LogP contribution in [0, 0.1) is 0 Å². The number of para-hydroxylation sites is 1. The second-order valence-corrected chi connectivity index (χ2v) is 5.99. The summed E-state index contributed by atoms with van der Waals surface area (Å²) in [7, 11) is 6.36. The molecule has 0 aliphatic rings. The number of hydrogen-bond donors (Lipinski definition) is 2. The maximum atomic E-state index is 12.5. The standard InChI is InChI=1S/C20H26N2O5/c1-22(15-8-6-5-7-9-15)13-16(23)12-21-20(24)14-10-17(25-2)19(27-4)18(11-14)26-3/h5-11,16,23H,12-13H2,1-4H3,(H,21,24). The number of carbonyl (C=O) groups is 1. The molecule has 1 unspecified atom stereocenters. The summed E-state index contributed by atoms with van der Waals surface area (Å²) < 4.78 is 15.8. The largest absolute Gasteiger partial charge is 0.493 e. The van der Waals surface area contributed by atoms with E-state index >= 15 is 0 Å². The first-order chi connectivity index (χ1) is 13.0. The summed E-state index contributed by atoms with van der Waals surface area (Å²) in [6.45, 7) is 0.506. The molecule has 2 aromatic rings. The van der Waals surface area contributed by atoms with Gasteiger partial charge in [0.25, 0.3) is 5.91 Å². The van der Waals surface area contributed by atoms with Crippen molar-refractivity contribution in [1.29, 1.82) is 0 Å². The number of nitrogens with zero attached hydrogens (tertiary/aromatic N) is 1. The zero-order valence-electron chi connectivity index (χ0n) is 16.1. The third kappa shape index (κ3) is 5.27. The van der Waals surface area contributed by atoms with Crippen LogP contribution in [-0.4, -0.2) is 58.6 Å². The van der Waals surface area contributed by atoms with Crippen LogP contribution in [0.2, 0.25) is 0 Å². The quantitative estimate of drug-likeness (QED) is 0.698. The highest BCUT2D eigenvalue weighted by atomic mass is 16.5. The van der Waals surface area contributed by atoms with Crippen molar-refractivity contribution in [2.45, 2.75) is 6.10 Å². The van der Waals surface area contributed by atoms with Gasteiger partial charge in [-0.15, -0.1) is 0 Å². The van der Waals surface area contributed by atoms with E-state index in [0.717, 1.165) is 5.69 Å². The molecule has 0 aliphatic carbocycles. The Kier molecular flexibility index (Phi) is 7.31. The molecular weight excluding hydrogens is 348 g/mol. The second kappa shape index (κ2) is 9.68. The number of ether oxygens (including phenoxy) is 3. The molecule has 0 heterocycles. The molecule has 0 fully saturated rings. The molecule has 1 atom stereocenters. The second-order valence-electron chi connectivity index (χ2n) is 5.99. The molecule has 2 aromatic carbocycles. The minimum atomic E-state index is -0.721. The lowest BCUT2D eigenvalue weighted by molar-refractivity contribution is 0.0918. The summed E-state index contributed by atoms with van der Waals surface area (Å²) in [5.41, 5.74) is 1.35. The highest BCUT2D eigenvalue weighted by molar-refractivity contribution is 5.95. The van der Waals surface area contributed by atoms with Crippen molar-refractivity contribution in [3.05, 3.63) is 48.0 Å². The lowest BCUT2D eigenvalue weighted by Gasteiger charge is -2.23. The van der Waals surface area contributed by atoms with E-state index in [1.165, 1.54) is 21.3 Å². The van der Waals surface area contributed by atoms with Crippen LogP contribution in [0.25, 0.3) is 0 Å². The Morgan fingerprint density at radius 1 is 1.07 bits per heavy atom. The third-order valence-electron chi connectivity index (χ3n) is 4.11. The number of anilines is 1. The van der Waals surface area contributed by atoms with Gasteiger partial charge in [-0.2, -0.15) is 0 Å². The molecule has 0 saturated heterocycles. The van der Waals surface area contributed by atoms with Gasteiger partial charge < -0.3 is 29.5 Å². The van der Waals surface area contributed by atoms with E-state index in [1.54, 1.807) is 12.1 Å². The molecule has 7 heteroatoms. The minimum Gasteiger partial charge on any atom is -0.493 e. The molecule has 1 amide bonds. The molecule has 27 heavy (non-hydrogen) atoms. The number of aliphatic hydroxyl groups excluding tert-OH is 1. The molecule has 2 N–H and O–H groups in total. The predicted molar refractivity (Wildman–Crippen MR) is 104 cm³/mol. The Bertz CT molecular complexity index is 726. The van der Waals surface area contributed by atoms with E-state index in [-0.39, 0.29) is 12.5 Å². The van der Waals surface area contributed by atoms with Crippen molar-refractivity contribution in [2.75, 3.05) is 46.4 Å². The third-order valence-corrected chi connectivity index (χ3v) is 4.11. The number of benzene rings is 2. The average Bonchev–Trinajstić information content (AvgIpc) is 2.71. The van der Waals surface area contributed by atoms with Crippen LogP contribution < -0.4 is 24.4 Å². The smallest absolute Gasteiger partial charge is 0.251 e. The summed E-state index contributed by atoms with van der Waals surface area (Å²) in [6.07, 6.45) is -0.721. The van der Waals surface area contributed by atoms with Crippen LogP contribution in [0.3, 0.4) is 0 Å². The molecule has 0 aliphatic heterocycles. The van der Waals surface area contributed by atoms with Crippen molar-refractivity contribution in [2.24, 2.45) is 0 Å². The van der Waals surface area contributed by atoms with E-state index in [9.17, 15) is 9.90 Å². The number of carbonyl (C=O) groups excluding carboxylic acids is 1. The predicted octanol–water partition coefficient (Wildman–Crippen LogP) is 1.94. The van der Waals surface area contributed by atoms with Crippen LogP contribution in [0.1, 0.15) is 10.4 Å². The van der Waals surface area contributed by atoms with Crippen LogP contribution in [0.4, 0.5) is 5.69 Å². The summed E-state index contributed by atoms with van der Waals surface area (Å²) in [5, 5.41) is 13.0. The summed E-state index contributed by atoms with van der Waals surface area (Å²) in [4.78, 5) is 14.4. The van der Waals surface area contributed by atoms with E-state index in [0.29, 0.717) is 29.4 Å². The SMILES string of the molecule is COc1cc(C(=O)NCC(O)CN(C)c2ccccc2)cc(OC)c1OC. The normalized spacial score (nSPS) is 11.4. The summed E-state index contributed by atoms with van der Waals surface area (Å²) >= 11 is 0. The van der Waals surface area contributed by atoms with Crippen molar-refractivity contribution < 1.29 is 24.1 Å². The van der Waals surface area contributed by atoms with E-state index in [2.05, 4.69) is 5.32 Å². The maximum absolute atomic E-state index is 12.5. The van der Waals surface area contributed by atoms with Gasteiger partial charge in [0.15, 0.2) is 11.5 Å². The fourth-order valence-corrected chi connectivity index (χ4v) is 2.69. The number of methoxy groups -OCH3 is 3. The Morgan fingerprint density at radius 2 is 1.67 bits per heavy atom. The van der Waals surface area contributed by atoms with Gasteiger partial charge in [-0.1, -0.05) is 18.2 Å². The number of rotatable bonds is 9. The first kappa shape index (κ1) is 20.4. The van der Waals surface area contributed by atoms with E-state index in [1.807, 2.05) is 42.3 Å². The van der Waals surface area contributed by atoms with Crippen LogP contribution >= 0.6 is 0 Å². The average molecular weight is 374 g/mol. The molecule has 0 spiro atoms. The fraction of sp³-hybridized carbons (Fsp3) is 0.350. The number of likely N-dealkylation sites (N-methyl/N-ethyl adjacent to an activating group) is 1. The van der Waals surface area contributed by atoms with Gasteiger partial charge in [0, 0.05) is 31.4 Å². The number of nitrogens with one attached hydrogen (secondary N) is 1. The first-order valence-corrected chi connectivity index (χ1v) is 8.52. The van der Waals surface area contributed by atoms with Gasteiger partial charge in [-0.25, -0.2) is 0 Å². The Balaban J connectivity index is 1.98. The molecule has 0 bridgehead atoms. The lowest BCUT2D eigenvalue weighted by atomic mass is 10.1. The highest BCUT2D eigenvalue weighted by Crippen LogP contribution is 2.38. The van der Waals surface area contributed by atoms with Crippen molar-refractivity contribution in [3.8, 4) is 17.2 Å². The zero-order valence-corrected chi connectivity index (χ0v) is 16.1. The van der Waals surface area contributed by atoms with Gasteiger partial charge in [-0.3, -0.25) is 4.79 Å². The molecular formula is C20H26N2O5. The Hall–Kier alpha value is -2.93. The summed E-state index contributed by atoms with van der Waals surface area (Å²) in [6, 6.07) is 12.9. The number of hydrogen-bond acceptors (Lipinski definition) is 6. The lowest BCUT2D eigenvalue weighted by Crippen LogP contribution is -2.38. The van der Waals surface area contributed by atoms with E-state index in [4.69, 9.17) is 14.2 Å². The van der Waals surface area contributed by atoms with Gasteiger partial charge in [0.2, 0.25) is 5.75 Å². The first-order valence-electron chi connectivity index (χ1n) is 8.52. The Labute approximate surface area is 159 Å². The monoisotopic (exact) mass is 374 g/mol. The zero-order chi connectivity index (χ0) is 19.8. The molecule has 0 radical (unpaired) electrons. The molecule has 7 nitrogen and oxygen atoms in total. The fourth-order valence-electron chi connectivity index (χ4n) is 2.69. The topological polar surface area (TPSA) is 80.3 Å².